The van der Waals surface area contributed by atoms with E-state index in [2.05, 4.69) is 33.4 Å². The summed E-state index contributed by atoms with van der Waals surface area (Å²) in [4.78, 5) is 17.6. The Morgan fingerprint density at radius 3 is 2.70 bits per heavy atom. The second-order valence-electron chi connectivity index (χ2n) is 6.71. The SMILES string of the molecule is CCc1cc(Nc2c(C(=O)NOCC3CC3)ccc(F)c2F)c(C)cc1I. The van der Waals surface area contributed by atoms with Crippen LogP contribution in [-0.2, 0) is 11.3 Å². The highest BCUT2D eigenvalue weighted by molar-refractivity contribution is 14.1. The van der Waals surface area contributed by atoms with Crippen molar-refractivity contribution in [2.24, 2.45) is 5.92 Å². The van der Waals surface area contributed by atoms with Gasteiger partial charge in [0, 0.05) is 9.26 Å². The molecule has 7 heteroatoms. The standard InChI is InChI=1S/C20H21F2IN2O2/c1-3-13-9-17(11(2)8-16(13)23)24-19-14(6-7-15(21)18(19)22)20(26)25-27-10-12-4-5-12/h6-9,12,24H,3-5,10H2,1-2H3,(H,25,26). The molecule has 3 rings (SSSR count). The highest BCUT2D eigenvalue weighted by Gasteiger charge is 2.23. The molecule has 0 heterocycles. The Morgan fingerprint density at radius 2 is 2.04 bits per heavy atom. The van der Waals surface area contributed by atoms with E-state index in [1.54, 1.807) is 0 Å². The van der Waals surface area contributed by atoms with Crippen molar-refractivity contribution in [2.75, 3.05) is 11.9 Å². The average molecular weight is 486 g/mol. The van der Waals surface area contributed by atoms with Gasteiger partial charge in [-0.25, -0.2) is 14.3 Å². The first-order chi connectivity index (χ1) is 12.9. The normalized spacial score (nSPS) is 13.5. The summed E-state index contributed by atoms with van der Waals surface area (Å²) in [6.45, 7) is 4.32. The fourth-order valence-corrected chi connectivity index (χ4v) is 3.69. The molecule has 1 saturated carbocycles. The van der Waals surface area contributed by atoms with Gasteiger partial charge in [0.05, 0.1) is 17.9 Å². The van der Waals surface area contributed by atoms with Gasteiger partial charge < -0.3 is 5.32 Å². The highest BCUT2D eigenvalue weighted by atomic mass is 127. The third-order valence-electron chi connectivity index (χ3n) is 4.55. The summed E-state index contributed by atoms with van der Waals surface area (Å²) in [6, 6.07) is 6.05. The van der Waals surface area contributed by atoms with E-state index in [-0.39, 0.29) is 11.3 Å². The van der Waals surface area contributed by atoms with Crippen LogP contribution in [-0.4, -0.2) is 12.5 Å². The van der Waals surface area contributed by atoms with E-state index >= 15 is 0 Å². The van der Waals surface area contributed by atoms with Crippen LogP contribution in [0, 0.1) is 28.0 Å². The molecule has 0 aromatic heterocycles. The van der Waals surface area contributed by atoms with E-state index in [0.29, 0.717) is 18.2 Å². The number of amides is 1. The van der Waals surface area contributed by atoms with E-state index in [4.69, 9.17) is 4.84 Å². The van der Waals surface area contributed by atoms with Gasteiger partial charge in [-0.1, -0.05) is 6.92 Å². The Hall–Kier alpha value is -1.74. The van der Waals surface area contributed by atoms with Gasteiger partial charge in [-0.15, -0.1) is 0 Å². The predicted octanol–water partition coefficient (Wildman–Crippen LogP) is 5.26. The number of benzene rings is 2. The molecule has 1 aliphatic carbocycles. The molecule has 1 amide bonds. The van der Waals surface area contributed by atoms with Crippen LogP contribution >= 0.6 is 22.6 Å². The number of halogens is 3. The Balaban J connectivity index is 1.89. The van der Waals surface area contributed by atoms with Crippen molar-refractivity contribution < 1.29 is 18.4 Å². The number of rotatable bonds is 7. The fourth-order valence-electron chi connectivity index (χ4n) is 2.68. The molecule has 2 aromatic carbocycles. The summed E-state index contributed by atoms with van der Waals surface area (Å²) in [5.74, 6) is -2.27. The van der Waals surface area contributed by atoms with Crippen LogP contribution in [0.25, 0.3) is 0 Å². The van der Waals surface area contributed by atoms with Gasteiger partial charge in [0.15, 0.2) is 11.6 Å². The number of hydroxylamine groups is 1. The van der Waals surface area contributed by atoms with Gasteiger partial charge in [0.2, 0.25) is 0 Å². The molecule has 0 radical (unpaired) electrons. The molecule has 1 fully saturated rings. The monoisotopic (exact) mass is 486 g/mol. The minimum absolute atomic E-state index is 0.0132. The molecule has 1 aliphatic rings. The Bertz CT molecular complexity index is 870. The maximum Gasteiger partial charge on any atom is 0.277 e. The van der Waals surface area contributed by atoms with Crippen LogP contribution in [0.2, 0.25) is 0 Å². The lowest BCUT2D eigenvalue weighted by Crippen LogP contribution is -2.26. The third-order valence-corrected chi connectivity index (χ3v) is 5.56. The van der Waals surface area contributed by atoms with E-state index in [1.807, 2.05) is 26.0 Å². The van der Waals surface area contributed by atoms with Gasteiger partial charge >= 0.3 is 0 Å². The van der Waals surface area contributed by atoms with Crippen LogP contribution in [0.1, 0.15) is 41.3 Å². The number of aryl methyl sites for hydroxylation is 2. The fraction of sp³-hybridized carbons (Fsp3) is 0.350. The number of hydrogen-bond acceptors (Lipinski definition) is 3. The molecule has 0 saturated heterocycles. The van der Waals surface area contributed by atoms with Crippen molar-refractivity contribution in [3.8, 4) is 0 Å². The van der Waals surface area contributed by atoms with E-state index < -0.39 is 17.5 Å². The van der Waals surface area contributed by atoms with Gasteiger partial charge in [0.1, 0.15) is 0 Å². The zero-order valence-corrected chi connectivity index (χ0v) is 17.3. The summed E-state index contributed by atoms with van der Waals surface area (Å²) in [7, 11) is 0. The first-order valence-electron chi connectivity index (χ1n) is 8.86. The molecule has 0 aliphatic heterocycles. The zero-order chi connectivity index (χ0) is 19.6. The summed E-state index contributed by atoms with van der Waals surface area (Å²) in [5, 5.41) is 2.91. The number of carbonyl (C=O) groups excluding carboxylic acids is 1. The Labute approximate surface area is 170 Å². The minimum Gasteiger partial charge on any atom is -0.352 e. The van der Waals surface area contributed by atoms with E-state index in [9.17, 15) is 13.6 Å². The topological polar surface area (TPSA) is 50.4 Å². The van der Waals surface area contributed by atoms with Gasteiger partial charge in [0.25, 0.3) is 5.91 Å². The lowest BCUT2D eigenvalue weighted by molar-refractivity contribution is 0.0270. The Kier molecular flexibility index (Phi) is 6.31. The average Bonchev–Trinajstić information content (AvgIpc) is 3.45. The highest BCUT2D eigenvalue weighted by Crippen LogP contribution is 2.31. The molecule has 144 valence electrons. The number of nitrogens with one attached hydrogen (secondary N) is 2. The molecule has 0 unspecified atom stereocenters. The van der Waals surface area contributed by atoms with Gasteiger partial charge in [-0.05, 0) is 90.1 Å². The zero-order valence-electron chi connectivity index (χ0n) is 15.2. The molecule has 2 aromatic rings. The largest absolute Gasteiger partial charge is 0.352 e. The van der Waals surface area contributed by atoms with Crippen LogP contribution < -0.4 is 10.8 Å². The van der Waals surface area contributed by atoms with Gasteiger partial charge in [-0.3, -0.25) is 9.63 Å². The summed E-state index contributed by atoms with van der Waals surface area (Å²) in [6.07, 6.45) is 2.97. The van der Waals surface area contributed by atoms with E-state index in [0.717, 1.165) is 40.0 Å². The maximum atomic E-state index is 14.5. The molecule has 0 atom stereocenters. The number of carbonyl (C=O) groups is 1. The molecular formula is C20H21F2IN2O2. The summed E-state index contributed by atoms with van der Waals surface area (Å²) in [5.41, 5.74) is 4.69. The number of hydrogen-bond donors (Lipinski definition) is 2. The second-order valence-corrected chi connectivity index (χ2v) is 7.87. The molecular weight excluding hydrogens is 465 g/mol. The quantitative estimate of drug-likeness (QED) is 0.415. The van der Waals surface area contributed by atoms with Crippen molar-refractivity contribution in [1.29, 1.82) is 0 Å². The lowest BCUT2D eigenvalue weighted by atomic mass is 10.1. The molecule has 0 spiro atoms. The summed E-state index contributed by atoms with van der Waals surface area (Å²) >= 11 is 2.25. The minimum atomic E-state index is -1.10. The van der Waals surface area contributed by atoms with Crippen LogP contribution in [0.4, 0.5) is 20.2 Å². The maximum absolute atomic E-state index is 14.5. The molecule has 2 N–H and O–H groups in total. The summed E-state index contributed by atoms with van der Waals surface area (Å²) < 4.78 is 29.4. The molecule has 4 nitrogen and oxygen atoms in total. The number of anilines is 2. The lowest BCUT2D eigenvalue weighted by Gasteiger charge is -2.16. The second kappa shape index (κ2) is 8.52. The first-order valence-corrected chi connectivity index (χ1v) is 9.94. The predicted molar refractivity (Wildman–Crippen MR) is 109 cm³/mol. The van der Waals surface area contributed by atoms with Crippen molar-refractivity contribution in [3.05, 3.63) is 56.2 Å². The van der Waals surface area contributed by atoms with Crippen LogP contribution in [0.15, 0.2) is 24.3 Å². The first kappa shape index (κ1) is 20.0. The van der Waals surface area contributed by atoms with E-state index in [1.165, 1.54) is 6.07 Å². The van der Waals surface area contributed by atoms with Crippen LogP contribution in [0.5, 0.6) is 0 Å². The van der Waals surface area contributed by atoms with Crippen molar-refractivity contribution in [2.45, 2.75) is 33.1 Å². The molecule has 0 bridgehead atoms. The van der Waals surface area contributed by atoms with Gasteiger partial charge in [-0.2, -0.15) is 0 Å². The molecule has 27 heavy (non-hydrogen) atoms. The van der Waals surface area contributed by atoms with Crippen LogP contribution in [0.3, 0.4) is 0 Å². The Morgan fingerprint density at radius 1 is 1.30 bits per heavy atom. The van der Waals surface area contributed by atoms with Crippen molar-refractivity contribution in [1.82, 2.24) is 5.48 Å². The smallest absolute Gasteiger partial charge is 0.277 e. The van der Waals surface area contributed by atoms with Crippen molar-refractivity contribution in [3.63, 3.8) is 0 Å². The third kappa shape index (κ3) is 4.76. The van der Waals surface area contributed by atoms with Crippen molar-refractivity contribution >= 4 is 39.9 Å².